The van der Waals surface area contributed by atoms with Gasteiger partial charge >= 0.3 is 0 Å². The topological polar surface area (TPSA) is 46.2 Å². The molecule has 1 N–H and O–H groups in total. The van der Waals surface area contributed by atoms with E-state index in [2.05, 4.69) is 20.7 Å². The van der Waals surface area contributed by atoms with Crippen LogP contribution in [0.5, 0.6) is 0 Å². The number of nitrogens with one attached hydrogen (secondary N) is 1. The molecule has 0 bridgehead atoms. The summed E-state index contributed by atoms with van der Waals surface area (Å²) in [4.78, 5) is 1.06. The Bertz CT molecular complexity index is 665. The molecule has 0 atom stereocenters. The van der Waals surface area contributed by atoms with E-state index in [1.54, 1.807) is 12.1 Å². The molecule has 1 aromatic heterocycles. The zero-order valence-electron chi connectivity index (χ0n) is 10.4. The minimum Gasteiger partial charge on any atom is -0.279 e. The number of hydrogen-bond donors (Lipinski definition) is 1. The lowest BCUT2D eigenvalue weighted by Crippen LogP contribution is -2.11. The fourth-order valence-electron chi connectivity index (χ4n) is 1.62. The number of aryl methyl sites for hydroxylation is 1. The Morgan fingerprint density at radius 2 is 2.05 bits per heavy atom. The summed E-state index contributed by atoms with van der Waals surface area (Å²) in [5.41, 5.74) is 1.61. The standard InChI is InChI=1S/C13H14BrNO2S2/c1-2-12-6-7-13(18-12)19(16,17)15-11-5-3-4-10(8-11)9-14/h3-8,15H,2,9H2,1H3. The quantitative estimate of drug-likeness (QED) is 0.819. The van der Waals surface area contributed by atoms with Crippen LogP contribution in [0.15, 0.2) is 40.6 Å². The summed E-state index contributed by atoms with van der Waals surface area (Å²) in [6, 6.07) is 10.8. The van der Waals surface area contributed by atoms with Crippen molar-refractivity contribution >= 4 is 43.0 Å². The molecule has 0 aliphatic heterocycles. The van der Waals surface area contributed by atoms with Crippen LogP contribution in [-0.4, -0.2) is 8.42 Å². The second kappa shape index (κ2) is 6.07. The van der Waals surface area contributed by atoms with Crippen LogP contribution in [0.25, 0.3) is 0 Å². The average molecular weight is 360 g/mol. The maximum absolute atomic E-state index is 12.2. The molecule has 1 heterocycles. The first-order chi connectivity index (χ1) is 9.05. The van der Waals surface area contributed by atoms with E-state index in [1.807, 2.05) is 31.2 Å². The molecule has 0 unspecified atom stereocenters. The van der Waals surface area contributed by atoms with Gasteiger partial charge in [0.15, 0.2) is 0 Å². The van der Waals surface area contributed by atoms with E-state index in [-0.39, 0.29) is 0 Å². The number of benzene rings is 1. The van der Waals surface area contributed by atoms with Crippen LogP contribution >= 0.6 is 27.3 Å². The number of alkyl halides is 1. The van der Waals surface area contributed by atoms with Crippen molar-refractivity contribution in [2.45, 2.75) is 22.9 Å². The lowest BCUT2D eigenvalue weighted by Gasteiger charge is -2.07. The second-order valence-electron chi connectivity index (χ2n) is 4.01. The number of hydrogen-bond acceptors (Lipinski definition) is 3. The van der Waals surface area contributed by atoms with Crippen molar-refractivity contribution in [1.82, 2.24) is 0 Å². The molecule has 0 amide bonds. The fraction of sp³-hybridized carbons (Fsp3) is 0.231. The number of thiophene rings is 1. The highest BCUT2D eigenvalue weighted by molar-refractivity contribution is 9.08. The van der Waals surface area contributed by atoms with Crippen molar-refractivity contribution in [2.75, 3.05) is 4.72 Å². The maximum Gasteiger partial charge on any atom is 0.271 e. The number of halogens is 1. The summed E-state index contributed by atoms with van der Waals surface area (Å²) in [5.74, 6) is 0. The molecule has 0 saturated carbocycles. The van der Waals surface area contributed by atoms with Gasteiger partial charge in [0.1, 0.15) is 4.21 Å². The van der Waals surface area contributed by atoms with E-state index in [9.17, 15) is 8.42 Å². The Balaban J connectivity index is 2.25. The number of anilines is 1. The molecular weight excluding hydrogens is 346 g/mol. The fourth-order valence-corrected chi connectivity index (χ4v) is 4.31. The van der Waals surface area contributed by atoms with Gasteiger partial charge in [0, 0.05) is 15.9 Å². The summed E-state index contributed by atoms with van der Waals surface area (Å²) >= 11 is 4.66. The lowest BCUT2D eigenvalue weighted by atomic mass is 10.2. The molecule has 19 heavy (non-hydrogen) atoms. The average Bonchev–Trinajstić information content (AvgIpc) is 2.88. The van der Waals surface area contributed by atoms with E-state index < -0.39 is 10.0 Å². The zero-order valence-corrected chi connectivity index (χ0v) is 13.6. The highest BCUT2D eigenvalue weighted by Crippen LogP contribution is 2.24. The van der Waals surface area contributed by atoms with Crippen LogP contribution in [0.4, 0.5) is 5.69 Å². The maximum atomic E-state index is 12.2. The third-order valence-corrected chi connectivity index (χ3v) is 6.33. The van der Waals surface area contributed by atoms with Gasteiger partial charge in [-0.1, -0.05) is 35.0 Å². The van der Waals surface area contributed by atoms with Gasteiger partial charge in [0.2, 0.25) is 0 Å². The van der Waals surface area contributed by atoms with Gasteiger partial charge in [0.05, 0.1) is 0 Å². The van der Waals surface area contributed by atoms with Gasteiger partial charge in [-0.3, -0.25) is 4.72 Å². The molecule has 0 aliphatic carbocycles. The van der Waals surface area contributed by atoms with Crippen molar-refractivity contribution in [3.63, 3.8) is 0 Å². The van der Waals surface area contributed by atoms with Crippen molar-refractivity contribution in [3.05, 3.63) is 46.8 Å². The van der Waals surface area contributed by atoms with Gasteiger partial charge in [-0.05, 0) is 36.2 Å². The smallest absolute Gasteiger partial charge is 0.271 e. The number of rotatable bonds is 5. The van der Waals surface area contributed by atoms with Crippen LogP contribution in [0.3, 0.4) is 0 Å². The van der Waals surface area contributed by atoms with Crippen molar-refractivity contribution in [2.24, 2.45) is 0 Å². The summed E-state index contributed by atoms with van der Waals surface area (Å²) in [6.07, 6.45) is 0.846. The summed E-state index contributed by atoms with van der Waals surface area (Å²) in [7, 11) is -3.47. The molecule has 0 radical (unpaired) electrons. The van der Waals surface area contributed by atoms with Gasteiger partial charge in [-0.15, -0.1) is 11.3 Å². The molecule has 3 nitrogen and oxygen atoms in total. The van der Waals surface area contributed by atoms with Gasteiger partial charge in [0.25, 0.3) is 10.0 Å². The SMILES string of the molecule is CCc1ccc(S(=O)(=O)Nc2cccc(CBr)c2)s1. The Morgan fingerprint density at radius 3 is 2.68 bits per heavy atom. The largest absolute Gasteiger partial charge is 0.279 e. The van der Waals surface area contributed by atoms with Crippen LogP contribution in [0.2, 0.25) is 0 Å². The highest BCUT2D eigenvalue weighted by atomic mass is 79.9. The molecule has 0 spiro atoms. The van der Waals surface area contributed by atoms with E-state index in [0.29, 0.717) is 15.2 Å². The third kappa shape index (κ3) is 3.58. The molecule has 2 rings (SSSR count). The van der Waals surface area contributed by atoms with Gasteiger partial charge in [-0.2, -0.15) is 0 Å². The normalized spacial score (nSPS) is 11.5. The molecule has 1 aromatic carbocycles. The first kappa shape index (κ1) is 14.6. The van der Waals surface area contributed by atoms with Crippen molar-refractivity contribution in [3.8, 4) is 0 Å². The molecular formula is C13H14BrNO2S2. The van der Waals surface area contributed by atoms with Crippen molar-refractivity contribution < 1.29 is 8.42 Å². The van der Waals surface area contributed by atoms with Crippen LogP contribution in [-0.2, 0) is 21.8 Å². The monoisotopic (exact) mass is 359 g/mol. The minimum absolute atomic E-state index is 0.355. The predicted molar refractivity (Wildman–Crippen MR) is 83.6 cm³/mol. The highest BCUT2D eigenvalue weighted by Gasteiger charge is 2.16. The van der Waals surface area contributed by atoms with Gasteiger partial charge < -0.3 is 0 Å². The van der Waals surface area contributed by atoms with E-state index in [0.717, 1.165) is 16.9 Å². The van der Waals surface area contributed by atoms with Crippen LogP contribution in [0, 0.1) is 0 Å². The summed E-state index contributed by atoms with van der Waals surface area (Å²) in [5, 5.41) is 0.696. The first-order valence-electron chi connectivity index (χ1n) is 5.81. The molecule has 0 aliphatic rings. The lowest BCUT2D eigenvalue weighted by molar-refractivity contribution is 0.603. The molecule has 0 fully saturated rings. The molecule has 2 aromatic rings. The summed E-state index contributed by atoms with van der Waals surface area (Å²) < 4.78 is 27.4. The van der Waals surface area contributed by atoms with E-state index >= 15 is 0 Å². The minimum atomic E-state index is -3.47. The Labute approximate surface area is 125 Å². The third-order valence-electron chi connectivity index (χ3n) is 2.58. The predicted octanol–water partition coefficient (Wildman–Crippen LogP) is 4.01. The zero-order chi connectivity index (χ0) is 13.9. The Hall–Kier alpha value is -0.850. The Morgan fingerprint density at radius 1 is 1.26 bits per heavy atom. The molecule has 0 saturated heterocycles. The van der Waals surface area contributed by atoms with E-state index in [1.165, 1.54) is 11.3 Å². The first-order valence-corrected chi connectivity index (χ1v) is 9.23. The number of sulfonamides is 1. The summed E-state index contributed by atoms with van der Waals surface area (Å²) in [6.45, 7) is 2.01. The Kier molecular flexibility index (Phi) is 4.65. The van der Waals surface area contributed by atoms with Crippen LogP contribution < -0.4 is 4.72 Å². The van der Waals surface area contributed by atoms with Gasteiger partial charge in [-0.25, -0.2) is 8.42 Å². The van der Waals surface area contributed by atoms with E-state index in [4.69, 9.17) is 0 Å². The molecule has 102 valence electrons. The van der Waals surface area contributed by atoms with Crippen LogP contribution in [0.1, 0.15) is 17.4 Å². The molecule has 6 heteroatoms. The second-order valence-corrected chi connectivity index (χ2v) is 7.65. The van der Waals surface area contributed by atoms with Crippen molar-refractivity contribution in [1.29, 1.82) is 0 Å².